The number of rotatable bonds is 7. The molecular formula is C13H24N6O2. The lowest BCUT2D eigenvalue weighted by Gasteiger charge is -2.22. The SMILES string of the molecule is CCN[C@@H](CNC(=O)N1CCC(N=[N+]=[N-])C1)C(=O)C(C)C. The minimum atomic E-state index is -0.366. The number of amides is 2. The van der Waals surface area contributed by atoms with Crippen molar-refractivity contribution < 1.29 is 9.59 Å². The third kappa shape index (κ3) is 5.24. The number of hydrogen-bond acceptors (Lipinski definition) is 4. The molecule has 1 unspecified atom stereocenters. The van der Waals surface area contributed by atoms with Crippen molar-refractivity contribution in [2.75, 3.05) is 26.2 Å². The number of urea groups is 1. The second-order valence-electron chi connectivity index (χ2n) is 5.45. The number of hydrogen-bond donors (Lipinski definition) is 2. The van der Waals surface area contributed by atoms with Gasteiger partial charge in [-0.1, -0.05) is 25.9 Å². The highest BCUT2D eigenvalue weighted by Gasteiger charge is 2.27. The molecule has 2 atom stereocenters. The van der Waals surface area contributed by atoms with Gasteiger partial charge in [-0.3, -0.25) is 4.79 Å². The van der Waals surface area contributed by atoms with Crippen molar-refractivity contribution in [3.05, 3.63) is 10.4 Å². The van der Waals surface area contributed by atoms with Gasteiger partial charge in [0.05, 0.1) is 12.1 Å². The van der Waals surface area contributed by atoms with Crippen LogP contribution in [0.3, 0.4) is 0 Å². The Morgan fingerprint density at radius 3 is 2.76 bits per heavy atom. The van der Waals surface area contributed by atoms with Crippen molar-refractivity contribution in [3.8, 4) is 0 Å². The Kier molecular flexibility index (Phi) is 6.98. The molecule has 1 fully saturated rings. The molecule has 0 radical (unpaired) electrons. The molecule has 21 heavy (non-hydrogen) atoms. The van der Waals surface area contributed by atoms with Gasteiger partial charge in [0.25, 0.3) is 0 Å². The molecule has 0 saturated carbocycles. The van der Waals surface area contributed by atoms with Crippen molar-refractivity contribution in [2.24, 2.45) is 11.0 Å². The van der Waals surface area contributed by atoms with E-state index in [0.29, 0.717) is 26.1 Å². The fourth-order valence-electron chi connectivity index (χ4n) is 2.32. The Balaban J connectivity index is 2.47. The molecule has 118 valence electrons. The van der Waals surface area contributed by atoms with E-state index >= 15 is 0 Å². The predicted molar refractivity (Wildman–Crippen MR) is 79.8 cm³/mol. The Morgan fingerprint density at radius 1 is 1.48 bits per heavy atom. The van der Waals surface area contributed by atoms with Gasteiger partial charge in [0, 0.05) is 30.5 Å². The number of carbonyl (C=O) groups is 2. The zero-order chi connectivity index (χ0) is 15.8. The summed E-state index contributed by atoms with van der Waals surface area (Å²) < 4.78 is 0. The summed E-state index contributed by atoms with van der Waals surface area (Å²) in [6, 6.07) is -0.734. The standard InChI is InChI=1S/C13H24N6O2/c1-4-15-11(12(20)9(2)3)7-16-13(21)19-6-5-10(8-19)17-18-14/h9-11,15H,4-8H2,1-3H3,(H,16,21)/t10?,11-/m0/s1. The van der Waals surface area contributed by atoms with E-state index in [1.807, 2.05) is 20.8 Å². The van der Waals surface area contributed by atoms with Gasteiger partial charge in [-0.2, -0.15) is 0 Å². The molecule has 8 nitrogen and oxygen atoms in total. The van der Waals surface area contributed by atoms with Gasteiger partial charge in [0.1, 0.15) is 0 Å². The lowest BCUT2D eigenvalue weighted by atomic mass is 10.0. The zero-order valence-electron chi connectivity index (χ0n) is 12.9. The minimum Gasteiger partial charge on any atom is -0.336 e. The molecule has 0 bridgehead atoms. The maximum atomic E-state index is 12.0. The van der Waals surface area contributed by atoms with Crippen LogP contribution >= 0.6 is 0 Å². The van der Waals surface area contributed by atoms with Gasteiger partial charge in [-0.25, -0.2) is 4.79 Å². The third-order valence-electron chi connectivity index (χ3n) is 3.49. The molecular weight excluding hydrogens is 272 g/mol. The molecule has 0 aliphatic carbocycles. The summed E-state index contributed by atoms with van der Waals surface area (Å²) in [4.78, 5) is 28.4. The van der Waals surface area contributed by atoms with Crippen molar-refractivity contribution in [3.63, 3.8) is 0 Å². The topological polar surface area (TPSA) is 110 Å². The van der Waals surface area contributed by atoms with Gasteiger partial charge >= 0.3 is 6.03 Å². The average Bonchev–Trinajstić information content (AvgIpc) is 2.91. The molecule has 1 aliphatic rings. The predicted octanol–water partition coefficient (Wildman–Crippen LogP) is 1.28. The maximum absolute atomic E-state index is 12.0. The second-order valence-corrected chi connectivity index (χ2v) is 5.45. The molecule has 0 aromatic heterocycles. The van der Waals surface area contributed by atoms with Gasteiger partial charge in [-0.15, -0.1) is 0 Å². The van der Waals surface area contributed by atoms with Crippen molar-refractivity contribution in [1.29, 1.82) is 0 Å². The summed E-state index contributed by atoms with van der Waals surface area (Å²) in [5.74, 6) is 0.0117. The minimum absolute atomic E-state index is 0.0768. The van der Waals surface area contributed by atoms with E-state index in [4.69, 9.17) is 5.53 Å². The van der Waals surface area contributed by atoms with Crippen LogP contribution in [0.1, 0.15) is 27.2 Å². The monoisotopic (exact) mass is 296 g/mol. The highest BCUT2D eigenvalue weighted by Crippen LogP contribution is 2.12. The summed E-state index contributed by atoms with van der Waals surface area (Å²) in [5.41, 5.74) is 8.39. The lowest BCUT2D eigenvalue weighted by molar-refractivity contribution is -0.123. The quantitative estimate of drug-likeness (QED) is 0.419. The molecule has 2 N–H and O–H groups in total. The Labute approximate surface area is 124 Å². The van der Waals surface area contributed by atoms with Crippen LogP contribution < -0.4 is 10.6 Å². The Bertz CT molecular complexity index is 419. The summed E-state index contributed by atoms with van der Waals surface area (Å²) in [6.45, 7) is 7.56. The fourth-order valence-corrected chi connectivity index (χ4v) is 2.32. The van der Waals surface area contributed by atoms with Crippen molar-refractivity contribution in [1.82, 2.24) is 15.5 Å². The van der Waals surface area contributed by atoms with Crippen molar-refractivity contribution in [2.45, 2.75) is 39.3 Å². The van der Waals surface area contributed by atoms with Crippen LogP contribution in [0.5, 0.6) is 0 Å². The molecule has 8 heteroatoms. The average molecular weight is 296 g/mol. The van der Waals surface area contributed by atoms with Crippen LogP contribution in [0.15, 0.2) is 5.11 Å². The number of nitrogens with zero attached hydrogens (tertiary/aromatic N) is 4. The normalized spacial score (nSPS) is 19.2. The van der Waals surface area contributed by atoms with Crippen molar-refractivity contribution >= 4 is 11.8 Å². The zero-order valence-corrected chi connectivity index (χ0v) is 12.9. The highest BCUT2D eigenvalue weighted by atomic mass is 16.2. The highest BCUT2D eigenvalue weighted by molar-refractivity contribution is 5.86. The van der Waals surface area contributed by atoms with Gasteiger partial charge in [0.15, 0.2) is 5.78 Å². The Hall–Kier alpha value is -1.79. The van der Waals surface area contributed by atoms with Gasteiger partial charge in [0.2, 0.25) is 0 Å². The van der Waals surface area contributed by atoms with Crippen LogP contribution in [-0.4, -0.2) is 55.0 Å². The molecule has 1 saturated heterocycles. The fraction of sp³-hybridized carbons (Fsp3) is 0.846. The first kappa shape index (κ1) is 17.3. The number of likely N-dealkylation sites (tertiary alicyclic amines) is 1. The smallest absolute Gasteiger partial charge is 0.317 e. The number of carbonyl (C=O) groups excluding carboxylic acids is 2. The molecule has 2 amide bonds. The number of Topliss-reactive ketones (excluding diaryl/α,β-unsaturated/α-hetero) is 1. The van der Waals surface area contributed by atoms with Crippen LogP contribution in [-0.2, 0) is 4.79 Å². The number of nitrogens with one attached hydrogen (secondary N) is 2. The molecule has 1 rings (SSSR count). The molecule has 1 heterocycles. The van der Waals surface area contributed by atoms with E-state index in [0.717, 1.165) is 0 Å². The third-order valence-corrected chi connectivity index (χ3v) is 3.49. The summed E-state index contributed by atoms with van der Waals surface area (Å²) >= 11 is 0. The van der Waals surface area contributed by atoms with E-state index in [1.54, 1.807) is 4.90 Å². The second kappa shape index (κ2) is 8.49. The first-order valence-corrected chi connectivity index (χ1v) is 7.33. The van der Waals surface area contributed by atoms with Crippen LogP contribution in [0.4, 0.5) is 4.79 Å². The first-order valence-electron chi connectivity index (χ1n) is 7.33. The summed E-state index contributed by atoms with van der Waals surface area (Å²) in [6.07, 6.45) is 0.680. The van der Waals surface area contributed by atoms with Crippen LogP contribution in [0.25, 0.3) is 10.4 Å². The van der Waals surface area contributed by atoms with Crippen LogP contribution in [0, 0.1) is 5.92 Å². The number of likely N-dealkylation sites (N-methyl/N-ethyl adjacent to an activating group) is 1. The molecule has 1 aliphatic heterocycles. The van der Waals surface area contributed by atoms with E-state index in [1.165, 1.54) is 0 Å². The number of ketones is 1. The molecule has 0 aromatic rings. The molecule has 0 spiro atoms. The first-order chi connectivity index (χ1) is 9.99. The van der Waals surface area contributed by atoms with E-state index < -0.39 is 0 Å². The Morgan fingerprint density at radius 2 is 2.19 bits per heavy atom. The largest absolute Gasteiger partial charge is 0.336 e. The van der Waals surface area contributed by atoms with E-state index in [9.17, 15) is 9.59 Å². The summed E-state index contributed by atoms with van der Waals surface area (Å²) in [5, 5.41) is 9.49. The summed E-state index contributed by atoms with van der Waals surface area (Å²) in [7, 11) is 0. The maximum Gasteiger partial charge on any atom is 0.317 e. The lowest BCUT2D eigenvalue weighted by Crippen LogP contribution is -2.50. The van der Waals surface area contributed by atoms with Gasteiger partial charge in [-0.05, 0) is 18.5 Å². The van der Waals surface area contributed by atoms with Gasteiger partial charge < -0.3 is 15.5 Å². The van der Waals surface area contributed by atoms with Crippen LogP contribution in [0.2, 0.25) is 0 Å². The number of azide groups is 1. The van der Waals surface area contributed by atoms with E-state index in [2.05, 4.69) is 20.7 Å². The molecule has 0 aromatic carbocycles. The van der Waals surface area contributed by atoms with E-state index in [-0.39, 0.29) is 36.4 Å².